The average molecular weight is 278 g/mol. The Kier molecular flexibility index (Phi) is 4.86. The van der Waals surface area contributed by atoms with E-state index in [-0.39, 0.29) is 0 Å². The lowest BCUT2D eigenvalue weighted by molar-refractivity contribution is 0.795. The van der Waals surface area contributed by atoms with Crippen molar-refractivity contribution in [2.45, 2.75) is 32.7 Å². The molecule has 0 aliphatic carbocycles. The first-order chi connectivity index (χ1) is 9.20. The summed E-state index contributed by atoms with van der Waals surface area (Å²) in [4.78, 5) is 4.26. The molecule has 0 aliphatic heterocycles. The third-order valence-corrected chi connectivity index (χ3v) is 3.60. The molecule has 2 aromatic rings. The highest BCUT2D eigenvalue weighted by molar-refractivity contribution is 6.29. The summed E-state index contributed by atoms with van der Waals surface area (Å²) in [6.45, 7) is 2.89. The zero-order valence-corrected chi connectivity index (χ0v) is 12.2. The zero-order valence-electron chi connectivity index (χ0n) is 11.5. The fourth-order valence-electron chi connectivity index (χ4n) is 1.94. The quantitative estimate of drug-likeness (QED) is 0.864. The summed E-state index contributed by atoms with van der Waals surface area (Å²) in [5.41, 5.74) is 2.51. The van der Waals surface area contributed by atoms with E-state index >= 15 is 0 Å². The van der Waals surface area contributed by atoms with Crippen molar-refractivity contribution in [2.75, 3.05) is 5.32 Å². The normalized spacial score (nSPS) is 10.7. The lowest BCUT2D eigenvalue weighted by Gasteiger charge is -2.08. The third kappa shape index (κ3) is 3.74. The number of unbranched alkanes of at least 4 members (excludes halogenated alkanes) is 1. The lowest BCUT2D eigenvalue weighted by Crippen LogP contribution is -2.06. The second-order valence-electron chi connectivity index (χ2n) is 4.71. The highest BCUT2D eigenvalue weighted by Crippen LogP contribution is 2.14. The zero-order chi connectivity index (χ0) is 13.7. The Morgan fingerprint density at radius 2 is 2.00 bits per heavy atom. The molecule has 102 valence electrons. The average Bonchev–Trinajstić information content (AvgIpc) is 2.75. The molecule has 1 aromatic heterocycles. The number of imidazole rings is 1. The first kappa shape index (κ1) is 13.9. The second kappa shape index (κ2) is 6.62. The van der Waals surface area contributed by atoms with E-state index in [1.54, 1.807) is 6.20 Å². The summed E-state index contributed by atoms with van der Waals surface area (Å²) in [7, 11) is 1.92. The summed E-state index contributed by atoms with van der Waals surface area (Å²) in [6, 6.07) is 8.61. The molecular formula is C15H20ClN3. The number of aryl methyl sites for hydroxylation is 1. The first-order valence-corrected chi connectivity index (χ1v) is 7.07. The van der Waals surface area contributed by atoms with Crippen molar-refractivity contribution in [3.8, 4) is 0 Å². The largest absolute Gasteiger partial charge is 0.378 e. The minimum Gasteiger partial charge on any atom is -0.378 e. The number of anilines is 1. The maximum absolute atomic E-state index is 5.95. The SMILES string of the molecule is CCCCc1ccc(NCc2ncc(Cl)n2C)cc1. The van der Waals surface area contributed by atoms with Gasteiger partial charge in [-0.2, -0.15) is 0 Å². The standard InChI is InChI=1S/C15H20ClN3/c1-3-4-5-12-6-8-13(9-7-12)17-11-15-18-10-14(16)19(15)2/h6-10,17H,3-5,11H2,1-2H3. The number of hydrogen-bond acceptors (Lipinski definition) is 2. The van der Waals surface area contributed by atoms with E-state index in [0.29, 0.717) is 11.7 Å². The summed E-state index contributed by atoms with van der Waals surface area (Å²) in [6.07, 6.45) is 5.32. The minimum absolute atomic E-state index is 0.659. The Balaban J connectivity index is 1.91. The molecule has 3 nitrogen and oxygen atoms in total. The molecule has 0 saturated carbocycles. The Bertz CT molecular complexity index is 517. The highest BCUT2D eigenvalue weighted by atomic mass is 35.5. The van der Waals surface area contributed by atoms with Gasteiger partial charge in [-0.3, -0.25) is 0 Å². The Morgan fingerprint density at radius 3 is 2.58 bits per heavy atom. The van der Waals surface area contributed by atoms with Crippen molar-refractivity contribution in [2.24, 2.45) is 7.05 Å². The van der Waals surface area contributed by atoms with Crippen LogP contribution in [0.25, 0.3) is 0 Å². The summed E-state index contributed by atoms with van der Waals surface area (Å²) in [5.74, 6) is 0.931. The third-order valence-electron chi connectivity index (χ3n) is 3.25. The molecule has 0 amide bonds. The number of rotatable bonds is 6. The number of benzene rings is 1. The van der Waals surface area contributed by atoms with Crippen LogP contribution in [0.3, 0.4) is 0 Å². The van der Waals surface area contributed by atoms with Crippen molar-refractivity contribution in [1.82, 2.24) is 9.55 Å². The molecular weight excluding hydrogens is 258 g/mol. The molecule has 1 heterocycles. The predicted molar refractivity (Wildman–Crippen MR) is 80.6 cm³/mol. The van der Waals surface area contributed by atoms with E-state index in [2.05, 4.69) is 41.5 Å². The smallest absolute Gasteiger partial charge is 0.128 e. The molecule has 0 radical (unpaired) electrons. The maximum atomic E-state index is 5.95. The topological polar surface area (TPSA) is 29.9 Å². The highest BCUT2D eigenvalue weighted by Gasteiger charge is 2.03. The van der Waals surface area contributed by atoms with Gasteiger partial charge in [-0.15, -0.1) is 0 Å². The number of halogens is 1. The molecule has 4 heteroatoms. The van der Waals surface area contributed by atoms with Crippen LogP contribution < -0.4 is 5.32 Å². The van der Waals surface area contributed by atoms with Crippen LogP contribution in [0.1, 0.15) is 31.2 Å². The van der Waals surface area contributed by atoms with E-state index in [4.69, 9.17) is 11.6 Å². The molecule has 1 aromatic carbocycles. The lowest BCUT2D eigenvalue weighted by atomic mass is 10.1. The van der Waals surface area contributed by atoms with Crippen LogP contribution in [-0.4, -0.2) is 9.55 Å². The van der Waals surface area contributed by atoms with Gasteiger partial charge in [-0.1, -0.05) is 37.1 Å². The monoisotopic (exact) mass is 277 g/mol. The molecule has 0 unspecified atom stereocenters. The molecule has 0 bridgehead atoms. The van der Waals surface area contributed by atoms with Gasteiger partial charge in [0, 0.05) is 12.7 Å². The second-order valence-corrected chi connectivity index (χ2v) is 5.10. The van der Waals surface area contributed by atoms with Crippen LogP contribution >= 0.6 is 11.6 Å². The summed E-state index contributed by atoms with van der Waals surface area (Å²) >= 11 is 5.95. The van der Waals surface area contributed by atoms with E-state index in [9.17, 15) is 0 Å². The van der Waals surface area contributed by atoms with Crippen LogP contribution in [0.5, 0.6) is 0 Å². The van der Waals surface area contributed by atoms with E-state index in [0.717, 1.165) is 17.9 Å². The molecule has 0 aliphatic rings. The number of nitrogens with one attached hydrogen (secondary N) is 1. The van der Waals surface area contributed by atoms with Gasteiger partial charge >= 0.3 is 0 Å². The number of hydrogen-bond donors (Lipinski definition) is 1. The van der Waals surface area contributed by atoms with Crippen molar-refractivity contribution in [3.05, 3.63) is 47.0 Å². The predicted octanol–water partition coefficient (Wildman–Crippen LogP) is 4.03. The van der Waals surface area contributed by atoms with Gasteiger partial charge in [0.05, 0.1) is 12.7 Å². The van der Waals surface area contributed by atoms with Crippen molar-refractivity contribution in [1.29, 1.82) is 0 Å². The van der Waals surface area contributed by atoms with E-state index in [1.807, 2.05) is 11.6 Å². The van der Waals surface area contributed by atoms with Gasteiger partial charge in [0.2, 0.25) is 0 Å². The fourth-order valence-corrected chi connectivity index (χ4v) is 2.09. The van der Waals surface area contributed by atoms with Crippen LogP contribution in [0.4, 0.5) is 5.69 Å². The summed E-state index contributed by atoms with van der Waals surface area (Å²) < 4.78 is 1.88. The molecule has 2 rings (SSSR count). The molecule has 1 N–H and O–H groups in total. The van der Waals surface area contributed by atoms with Crippen molar-refractivity contribution >= 4 is 17.3 Å². The van der Waals surface area contributed by atoms with Crippen LogP contribution in [0, 0.1) is 0 Å². The number of aromatic nitrogens is 2. The number of nitrogens with zero attached hydrogens (tertiary/aromatic N) is 2. The first-order valence-electron chi connectivity index (χ1n) is 6.69. The Labute approximate surface area is 119 Å². The van der Waals surface area contributed by atoms with E-state index in [1.165, 1.54) is 18.4 Å². The summed E-state index contributed by atoms with van der Waals surface area (Å²) in [5, 5.41) is 4.02. The van der Waals surface area contributed by atoms with Crippen molar-refractivity contribution < 1.29 is 0 Å². The molecule has 0 fully saturated rings. The van der Waals surface area contributed by atoms with Gasteiger partial charge in [0.1, 0.15) is 11.0 Å². The van der Waals surface area contributed by atoms with E-state index < -0.39 is 0 Å². The van der Waals surface area contributed by atoms with Gasteiger partial charge in [0.15, 0.2) is 0 Å². The van der Waals surface area contributed by atoms with Gasteiger partial charge in [0.25, 0.3) is 0 Å². The van der Waals surface area contributed by atoms with Crippen LogP contribution in [0.2, 0.25) is 5.15 Å². The van der Waals surface area contributed by atoms with Gasteiger partial charge in [-0.25, -0.2) is 4.98 Å². The molecule has 19 heavy (non-hydrogen) atoms. The Morgan fingerprint density at radius 1 is 1.26 bits per heavy atom. The van der Waals surface area contributed by atoms with Crippen LogP contribution in [0.15, 0.2) is 30.5 Å². The molecule has 0 spiro atoms. The molecule has 0 atom stereocenters. The Hall–Kier alpha value is -1.48. The maximum Gasteiger partial charge on any atom is 0.128 e. The van der Waals surface area contributed by atoms with Crippen molar-refractivity contribution in [3.63, 3.8) is 0 Å². The van der Waals surface area contributed by atoms with Gasteiger partial charge < -0.3 is 9.88 Å². The minimum atomic E-state index is 0.659. The molecule has 0 saturated heterocycles. The fraction of sp³-hybridized carbons (Fsp3) is 0.400. The van der Waals surface area contributed by atoms with Gasteiger partial charge in [-0.05, 0) is 30.5 Å². The van der Waals surface area contributed by atoms with Crippen LogP contribution in [-0.2, 0) is 20.0 Å².